The number of hydrogen-bond acceptors (Lipinski definition) is 2. The van der Waals surface area contributed by atoms with Crippen LogP contribution in [-0.4, -0.2) is 25.9 Å². The highest BCUT2D eigenvalue weighted by atomic mass is 16.5. The van der Waals surface area contributed by atoms with Crippen molar-refractivity contribution in [3.8, 4) is 0 Å². The first kappa shape index (κ1) is 9.47. The standard InChI is InChI=1S/C11H20O2/c1-9-4-6-13-11(7-9)10-3-2-5-12-8-10/h9-11H,2-8H2,1H3. The lowest BCUT2D eigenvalue weighted by atomic mass is 9.87. The van der Waals surface area contributed by atoms with Gasteiger partial charge in [-0.15, -0.1) is 0 Å². The summed E-state index contributed by atoms with van der Waals surface area (Å²) in [4.78, 5) is 0. The topological polar surface area (TPSA) is 18.5 Å². The van der Waals surface area contributed by atoms with E-state index in [1.807, 2.05) is 0 Å². The van der Waals surface area contributed by atoms with E-state index in [9.17, 15) is 0 Å². The van der Waals surface area contributed by atoms with Crippen LogP contribution in [0.5, 0.6) is 0 Å². The Kier molecular flexibility index (Phi) is 3.23. The molecule has 0 radical (unpaired) electrons. The molecular formula is C11H20O2. The Bertz CT molecular complexity index is 152. The molecule has 76 valence electrons. The van der Waals surface area contributed by atoms with Crippen LogP contribution in [0.2, 0.25) is 0 Å². The van der Waals surface area contributed by atoms with Gasteiger partial charge >= 0.3 is 0 Å². The molecule has 0 bridgehead atoms. The van der Waals surface area contributed by atoms with Gasteiger partial charge in [-0.3, -0.25) is 0 Å². The van der Waals surface area contributed by atoms with Crippen molar-refractivity contribution in [1.82, 2.24) is 0 Å². The Morgan fingerprint density at radius 2 is 2.08 bits per heavy atom. The lowest BCUT2D eigenvalue weighted by Gasteiger charge is -2.35. The van der Waals surface area contributed by atoms with Gasteiger partial charge in [-0.1, -0.05) is 6.92 Å². The highest BCUT2D eigenvalue weighted by Crippen LogP contribution is 2.29. The van der Waals surface area contributed by atoms with Gasteiger partial charge in [0.1, 0.15) is 0 Å². The van der Waals surface area contributed by atoms with Gasteiger partial charge in [-0.2, -0.15) is 0 Å². The molecule has 2 saturated heterocycles. The molecule has 0 aliphatic carbocycles. The van der Waals surface area contributed by atoms with E-state index in [1.165, 1.54) is 25.7 Å². The van der Waals surface area contributed by atoms with Crippen molar-refractivity contribution in [3.05, 3.63) is 0 Å². The fourth-order valence-electron chi connectivity index (χ4n) is 2.39. The molecule has 3 atom stereocenters. The van der Waals surface area contributed by atoms with E-state index in [0.717, 1.165) is 25.7 Å². The number of hydrogen-bond donors (Lipinski definition) is 0. The van der Waals surface area contributed by atoms with Crippen molar-refractivity contribution in [2.45, 2.75) is 38.7 Å². The summed E-state index contributed by atoms with van der Waals surface area (Å²) in [7, 11) is 0. The normalized spacial score (nSPS) is 41.8. The van der Waals surface area contributed by atoms with Crippen molar-refractivity contribution in [2.75, 3.05) is 19.8 Å². The zero-order chi connectivity index (χ0) is 9.10. The van der Waals surface area contributed by atoms with E-state index in [0.29, 0.717) is 12.0 Å². The molecule has 0 N–H and O–H groups in total. The van der Waals surface area contributed by atoms with Crippen LogP contribution in [0.1, 0.15) is 32.6 Å². The molecular weight excluding hydrogens is 164 g/mol. The lowest BCUT2D eigenvalue weighted by Crippen LogP contribution is -2.35. The van der Waals surface area contributed by atoms with Gasteiger partial charge < -0.3 is 9.47 Å². The Morgan fingerprint density at radius 3 is 2.77 bits per heavy atom. The molecule has 0 aromatic rings. The highest BCUT2D eigenvalue weighted by Gasteiger charge is 2.28. The summed E-state index contributed by atoms with van der Waals surface area (Å²) in [6.07, 6.45) is 5.50. The lowest BCUT2D eigenvalue weighted by molar-refractivity contribution is -0.0784. The number of rotatable bonds is 1. The summed E-state index contributed by atoms with van der Waals surface area (Å²) in [6, 6.07) is 0. The number of ether oxygens (including phenoxy) is 2. The average molecular weight is 184 g/mol. The maximum absolute atomic E-state index is 5.81. The second-order valence-electron chi connectivity index (χ2n) is 4.52. The quantitative estimate of drug-likeness (QED) is 0.622. The van der Waals surface area contributed by atoms with Gasteiger partial charge in [0, 0.05) is 19.1 Å². The maximum atomic E-state index is 5.81. The Hall–Kier alpha value is -0.0800. The smallest absolute Gasteiger partial charge is 0.0627 e. The largest absolute Gasteiger partial charge is 0.381 e. The predicted octanol–water partition coefficient (Wildman–Crippen LogP) is 2.23. The second-order valence-corrected chi connectivity index (χ2v) is 4.52. The average Bonchev–Trinajstić information content (AvgIpc) is 2.19. The third-order valence-electron chi connectivity index (χ3n) is 3.30. The van der Waals surface area contributed by atoms with E-state index in [2.05, 4.69) is 6.92 Å². The first-order valence-electron chi connectivity index (χ1n) is 5.55. The summed E-state index contributed by atoms with van der Waals surface area (Å²) < 4.78 is 11.3. The molecule has 0 amide bonds. The zero-order valence-electron chi connectivity index (χ0n) is 8.50. The van der Waals surface area contributed by atoms with Crippen LogP contribution in [0.4, 0.5) is 0 Å². The van der Waals surface area contributed by atoms with Gasteiger partial charge in [0.05, 0.1) is 12.7 Å². The van der Waals surface area contributed by atoms with Crippen molar-refractivity contribution in [1.29, 1.82) is 0 Å². The highest BCUT2D eigenvalue weighted by molar-refractivity contribution is 4.77. The van der Waals surface area contributed by atoms with Crippen LogP contribution in [-0.2, 0) is 9.47 Å². The van der Waals surface area contributed by atoms with Crippen LogP contribution in [0.15, 0.2) is 0 Å². The molecule has 2 heterocycles. The molecule has 2 aliphatic rings. The SMILES string of the molecule is CC1CCOC(C2CCCOC2)C1. The van der Waals surface area contributed by atoms with Crippen molar-refractivity contribution >= 4 is 0 Å². The molecule has 2 fully saturated rings. The molecule has 2 nitrogen and oxygen atoms in total. The Morgan fingerprint density at radius 1 is 1.15 bits per heavy atom. The van der Waals surface area contributed by atoms with Gasteiger partial charge in [-0.05, 0) is 31.6 Å². The molecule has 0 aromatic carbocycles. The zero-order valence-corrected chi connectivity index (χ0v) is 8.50. The molecule has 13 heavy (non-hydrogen) atoms. The molecule has 0 spiro atoms. The van der Waals surface area contributed by atoms with Crippen LogP contribution in [0.3, 0.4) is 0 Å². The van der Waals surface area contributed by atoms with Crippen molar-refractivity contribution in [3.63, 3.8) is 0 Å². The van der Waals surface area contributed by atoms with E-state index < -0.39 is 0 Å². The van der Waals surface area contributed by atoms with E-state index in [4.69, 9.17) is 9.47 Å². The first-order valence-corrected chi connectivity index (χ1v) is 5.55. The second kappa shape index (κ2) is 4.43. The first-order chi connectivity index (χ1) is 6.36. The third kappa shape index (κ3) is 2.44. The molecule has 0 saturated carbocycles. The summed E-state index contributed by atoms with van der Waals surface area (Å²) >= 11 is 0. The van der Waals surface area contributed by atoms with Crippen molar-refractivity contribution in [2.24, 2.45) is 11.8 Å². The van der Waals surface area contributed by atoms with E-state index >= 15 is 0 Å². The van der Waals surface area contributed by atoms with Gasteiger partial charge in [0.2, 0.25) is 0 Å². The van der Waals surface area contributed by atoms with Crippen molar-refractivity contribution < 1.29 is 9.47 Å². The minimum absolute atomic E-state index is 0.490. The van der Waals surface area contributed by atoms with Gasteiger partial charge in [0.25, 0.3) is 0 Å². The molecule has 3 unspecified atom stereocenters. The fraction of sp³-hybridized carbons (Fsp3) is 1.00. The molecule has 2 heteroatoms. The Labute approximate surface area is 80.6 Å². The minimum Gasteiger partial charge on any atom is -0.381 e. The van der Waals surface area contributed by atoms with E-state index in [1.54, 1.807) is 0 Å². The monoisotopic (exact) mass is 184 g/mol. The predicted molar refractivity (Wildman–Crippen MR) is 51.7 cm³/mol. The molecule has 2 rings (SSSR count). The van der Waals surface area contributed by atoms with Gasteiger partial charge in [0.15, 0.2) is 0 Å². The summed E-state index contributed by atoms with van der Waals surface area (Å²) in [5.41, 5.74) is 0. The van der Waals surface area contributed by atoms with Crippen LogP contribution in [0.25, 0.3) is 0 Å². The molecule has 2 aliphatic heterocycles. The van der Waals surface area contributed by atoms with Gasteiger partial charge in [-0.25, -0.2) is 0 Å². The van der Waals surface area contributed by atoms with E-state index in [-0.39, 0.29) is 0 Å². The van der Waals surface area contributed by atoms with Crippen LogP contribution >= 0.6 is 0 Å². The summed E-state index contributed by atoms with van der Waals surface area (Å²) in [5.74, 6) is 1.53. The van der Waals surface area contributed by atoms with Crippen LogP contribution in [0, 0.1) is 11.8 Å². The Balaban J connectivity index is 1.83. The van der Waals surface area contributed by atoms with Crippen LogP contribution < -0.4 is 0 Å². The third-order valence-corrected chi connectivity index (χ3v) is 3.30. The summed E-state index contributed by atoms with van der Waals surface area (Å²) in [5, 5.41) is 0. The fourth-order valence-corrected chi connectivity index (χ4v) is 2.39. The maximum Gasteiger partial charge on any atom is 0.0627 e. The molecule has 0 aromatic heterocycles. The summed E-state index contributed by atoms with van der Waals surface area (Å²) in [6.45, 7) is 5.18. The minimum atomic E-state index is 0.490.